The monoisotopic (exact) mass is 468 g/mol. The third-order valence-corrected chi connectivity index (χ3v) is 7.72. The van der Waals surface area contributed by atoms with Crippen LogP contribution in [-0.2, 0) is 12.1 Å². The van der Waals surface area contributed by atoms with Crippen molar-refractivity contribution in [2.75, 3.05) is 19.6 Å². The van der Waals surface area contributed by atoms with Crippen LogP contribution in [0.3, 0.4) is 0 Å². The van der Waals surface area contributed by atoms with E-state index >= 15 is 0 Å². The maximum absolute atomic E-state index is 12.0. The highest BCUT2D eigenvalue weighted by Crippen LogP contribution is 2.38. The normalized spacial score (nSPS) is 23.8. The Bertz CT molecular complexity index is 1210. The lowest BCUT2D eigenvalue weighted by atomic mass is 9.83. The van der Waals surface area contributed by atoms with Crippen LogP contribution in [0.15, 0.2) is 95.5 Å². The van der Waals surface area contributed by atoms with E-state index in [9.17, 15) is 5.11 Å². The standard InChI is InChI=1S/C29H30N3O3/c33-29(23-10-4-1-5-11-23,24-12-6-2-7-13-24)28-30-27(35-31-28)21-32-18-16-22(17-19-32)26(20-32)34-25-14-8-3-9-15-25/h1-15,22,26,33H,16-21H2/q+1/t22?,26-,32?/m0/s1. The van der Waals surface area contributed by atoms with Gasteiger partial charge in [0, 0.05) is 18.8 Å². The molecular formula is C29H30N3O3+. The van der Waals surface area contributed by atoms with Gasteiger partial charge in [0.05, 0.1) is 13.1 Å². The van der Waals surface area contributed by atoms with Gasteiger partial charge in [-0.1, -0.05) is 84.0 Å². The van der Waals surface area contributed by atoms with Gasteiger partial charge in [0.1, 0.15) is 12.3 Å². The van der Waals surface area contributed by atoms with Gasteiger partial charge < -0.3 is 18.8 Å². The van der Waals surface area contributed by atoms with E-state index in [-0.39, 0.29) is 11.9 Å². The number of piperidine rings is 3. The molecule has 6 heteroatoms. The van der Waals surface area contributed by atoms with Crippen LogP contribution >= 0.6 is 0 Å². The van der Waals surface area contributed by atoms with Crippen molar-refractivity contribution in [3.05, 3.63) is 114 Å². The SMILES string of the molecule is OC(c1ccccc1)(c1ccccc1)c1noc(C[N+]23CCC(CC2)[C@@H](Oc2ccccc2)C3)n1. The average molecular weight is 469 g/mol. The van der Waals surface area contributed by atoms with Crippen LogP contribution in [0.2, 0.25) is 0 Å². The minimum Gasteiger partial charge on any atom is -0.484 e. The lowest BCUT2D eigenvalue weighted by Gasteiger charge is -2.51. The number of ether oxygens (including phenoxy) is 1. The Hall–Kier alpha value is -3.48. The quantitative estimate of drug-likeness (QED) is 0.403. The zero-order valence-corrected chi connectivity index (χ0v) is 19.7. The first-order valence-electron chi connectivity index (χ1n) is 12.4. The molecule has 3 aliphatic rings. The fourth-order valence-electron chi connectivity index (χ4n) is 5.79. The zero-order valence-electron chi connectivity index (χ0n) is 19.7. The van der Waals surface area contributed by atoms with Crippen molar-refractivity contribution >= 4 is 0 Å². The topological polar surface area (TPSA) is 68.4 Å². The molecule has 0 saturated carbocycles. The molecule has 178 valence electrons. The van der Waals surface area contributed by atoms with Crippen LogP contribution in [0.1, 0.15) is 35.7 Å². The molecule has 0 aliphatic carbocycles. The van der Waals surface area contributed by atoms with Crippen LogP contribution in [-0.4, -0.2) is 45.5 Å². The van der Waals surface area contributed by atoms with Crippen molar-refractivity contribution in [2.24, 2.45) is 5.92 Å². The lowest BCUT2D eigenvalue weighted by Crippen LogP contribution is -2.64. The minimum atomic E-state index is -1.49. The molecular weight excluding hydrogens is 438 g/mol. The van der Waals surface area contributed by atoms with Crippen LogP contribution < -0.4 is 4.74 Å². The van der Waals surface area contributed by atoms with Gasteiger partial charge in [0.15, 0.2) is 18.2 Å². The molecule has 1 N–H and O–H groups in total. The highest BCUT2D eigenvalue weighted by molar-refractivity contribution is 5.42. The summed E-state index contributed by atoms with van der Waals surface area (Å²) in [5.41, 5.74) is -0.0700. The van der Waals surface area contributed by atoms with Gasteiger partial charge >= 0.3 is 0 Å². The number of hydrogen-bond donors (Lipinski definition) is 1. The van der Waals surface area contributed by atoms with Gasteiger partial charge in [-0.15, -0.1) is 0 Å². The molecule has 3 saturated heterocycles. The number of aromatic nitrogens is 2. The third-order valence-electron chi connectivity index (χ3n) is 7.72. The van der Waals surface area contributed by atoms with Crippen molar-refractivity contribution < 1.29 is 18.8 Å². The molecule has 4 heterocycles. The average Bonchev–Trinajstić information content (AvgIpc) is 3.39. The van der Waals surface area contributed by atoms with Crippen LogP contribution in [0.25, 0.3) is 0 Å². The Morgan fingerprint density at radius 1 is 0.857 bits per heavy atom. The molecule has 6 nitrogen and oxygen atoms in total. The number of hydrogen-bond acceptors (Lipinski definition) is 5. The summed E-state index contributed by atoms with van der Waals surface area (Å²) in [7, 11) is 0. The summed E-state index contributed by atoms with van der Waals surface area (Å²) in [5, 5.41) is 16.3. The predicted molar refractivity (Wildman–Crippen MR) is 131 cm³/mol. The van der Waals surface area contributed by atoms with Gasteiger partial charge in [0.25, 0.3) is 5.89 Å². The molecule has 0 unspecified atom stereocenters. The molecule has 3 aliphatic heterocycles. The number of rotatable bonds is 7. The summed E-state index contributed by atoms with van der Waals surface area (Å²) < 4.78 is 13.1. The maximum Gasteiger partial charge on any atom is 0.282 e. The molecule has 3 aromatic carbocycles. The van der Waals surface area contributed by atoms with Gasteiger partial charge in [-0.25, -0.2) is 0 Å². The second-order valence-corrected chi connectivity index (χ2v) is 9.89. The summed E-state index contributed by atoms with van der Waals surface area (Å²) in [4.78, 5) is 4.76. The highest BCUT2D eigenvalue weighted by Gasteiger charge is 2.48. The highest BCUT2D eigenvalue weighted by atomic mass is 16.5. The summed E-state index contributed by atoms with van der Waals surface area (Å²) >= 11 is 0. The van der Waals surface area contributed by atoms with Crippen molar-refractivity contribution in [2.45, 2.75) is 31.1 Å². The first-order valence-corrected chi connectivity index (χ1v) is 12.4. The van der Waals surface area contributed by atoms with E-state index in [2.05, 4.69) is 5.16 Å². The van der Waals surface area contributed by atoms with Gasteiger partial charge in [-0.2, -0.15) is 4.98 Å². The number of fused-ring (bicyclic) bond motifs is 3. The van der Waals surface area contributed by atoms with E-state index in [0.29, 0.717) is 29.5 Å². The van der Waals surface area contributed by atoms with E-state index < -0.39 is 5.60 Å². The van der Waals surface area contributed by atoms with Crippen molar-refractivity contribution in [1.29, 1.82) is 0 Å². The van der Waals surface area contributed by atoms with Gasteiger partial charge in [-0.05, 0) is 23.3 Å². The zero-order chi connectivity index (χ0) is 23.7. The second-order valence-electron chi connectivity index (χ2n) is 9.89. The Morgan fingerprint density at radius 2 is 1.43 bits per heavy atom. The van der Waals surface area contributed by atoms with Crippen molar-refractivity contribution in [3.8, 4) is 5.75 Å². The van der Waals surface area contributed by atoms with Gasteiger partial charge in [0.2, 0.25) is 5.82 Å². The summed E-state index contributed by atoms with van der Waals surface area (Å²) in [6.07, 6.45) is 2.46. The van der Waals surface area contributed by atoms with Crippen molar-refractivity contribution in [3.63, 3.8) is 0 Å². The molecule has 0 amide bonds. The summed E-state index contributed by atoms with van der Waals surface area (Å²) in [6.45, 7) is 3.74. The number of para-hydroxylation sites is 1. The first kappa shape index (κ1) is 22.0. The smallest absolute Gasteiger partial charge is 0.282 e. The predicted octanol–water partition coefficient (Wildman–Crippen LogP) is 4.54. The molecule has 0 radical (unpaired) electrons. The summed E-state index contributed by atoms with van der Waals surface area (Å²) in [5.74, 6) is 2.35. The number of nitrogens with zero attached hydrogens (tertiary/aromatic N) is 3. The fourth-order valence-corrected chi connectivity index (χ4v) is 5.79. The second kappa shape index (κ2) is 8.95. The lowest BCUT2D eigenvalue weighted by molar-refractivity contribution is -0.959. The fraction of sp³-hybridized carbons (Fsp3) is 0.310. The molecule has 7 rings (SSSR count). The van der Waals surface area contributed by atoms with E-state index in [1.807, 2.05) is 91.0 Å². The number of aliphatic hydroxyl groups is 1. The van der Waals surface area contributed by atoms with Gasteiger partial charge in [-0.3, -0.25) is 0 Å². The summed E-state index contributed by atoms with van der Waals surface area (Å²) in [6, 6.07) is 29.2. The maximum atomic E-state index is 12.0. The van der Waals surface area contributed by atoms with E-state index in [0.717, 1.165) is 42.7 Å². The van der Waals surface area contributed by atoms with Crippen molar-refractivity contribution in [1.82, 2.24) is 10.1 Å². The molecule has 2 bridgehead atoms. The van der Waals surface area contributed by atoms with Crippen LogP contribution in [0, 0.1) is 5.92 Å². The number of quaternary nitrogens is 1. The van der Waals surface area contributed by atoms with Crippen LogP contribution in [0.5, 0.6) is 5.75 Å². The Morgan fingerprint density at radius 3 is 2.03 bits per heavy atom. The molecule has 0 spiro atoms. The van der Waals surface area contributed by atoms with Crippen LogP contribution in [0.4, 0.5) is 0 Å². The third kappa shape index (κ3) is 4.13. The van der Waals surface area contributed by atoms with E-state index in [1.54, 1.807) is 0 Å². The molecule has 4 aromatic rings. The Balaban J connectivity index is 1.27. The van der Waals surface area contributed by atoms with E-state index in [4.69, 9.17) is 14.2 Å². The van der Waals surface area contributed by atoms with E-state index in [1.165, 1.54) is 0 Å². The first-order chi connectivity index (χ1) is 17.1. The molecule has 35 heavy (non-hydrogen) atoms. The largest absolute Gasteiger partial charge is 0.484 e. The Labute approximate surface area is 205 Å². The molecule has 1 aromatic heterocycles. The molecule has 3 fully saturated rings. The Kier molecular flexibility index (Phi) is 5.63. The molecule has 1 atom stereocenters. The minimum absolute atomic E-state index is 0.188. The number of benzene rings is 3.